The molecule has 2 saturated heterocycles. The lowest BCUT2D eigenvalue weighted by Crippen LogP contribution is -2.45. The Hall–Kier alpha value is -3.58. The number of anilines is 1. The van der Waals surface area contributed by atoms with Crippen molar-refractivity contribution in [3.63, 3.8) is 0 Å². The third kappa shape index (κ3) is 5.62. The number of carbonyl (C=O) groups is 3. The van der Waals surface area contributed by atoms with Gasteiger partial charge >= 0.3 is 5.97 Å². The van der Waals surface area contributed by atoms with Gasteiger partial charge in [0.2, 0.25) is 17.7 Å². The molecule has 2 atom stereocenters. The van der Waals surface area contributed by atoms with Crippen molar-refractivity contribution in [2.45, 2.75) is 38.1 Å². The Labute approximate surface area is 214 Å². The molecule has 2 amide bonds. The van der Waals surface area contributed by atoms with Gasteiger partial charge in [-0.1, -0.05) is 11.6 Å². The molecule has 0 bridgehead atoms. The van der Waals surface area contributed by atoms with Gasteiger partial charge in [-0.2, -0.15) is 5.26 Å². The number of carbonyl (C=O) groups excluding carboxylic acids is 3. The van der Waals surface area contributed by atoms with E-state index >= 15 is 0 Å². The molecular formula is C25H29ClN6O4. The number of methoxy groups -OCH3 is 1. The smallest absolute Gasteiger partial charge is 0.330 e. The van der Waals surface area contributed by atoms with Crippen molar-refractivity contribution >= 4 is 51.8 Å². The number of ether oxygens (including phenoxy) is 1. The number of likely N-dealkylation sites (tertiary alicyclic amines) is 2. The molecule has 2 fully saturated rings. The number of amidine groups is 1. The second kappa shape index (κ2) is 11.4. The molecule has 1 aromatic heterocycles. The van der Waals surface area contributed by atoms with Gasteiger partial charge in [-0.25, -0.2) is 0 Å². The van der Waals surface area contributed by atoms with Crippen LogP contribution in [0.4, 0.5) is 5.69 Å². The first-order chi connectivity index (χ1) is 17.4. The molecule has 190 valence electrons. The molecule has 0 radical (unpaired) electrons. The molecule has 10 nitrogen and oxygen atoms in total. The van der Waals surface area contributed by atoms with Crippen LogP contribution in [0.3, 0.4) is 0 Å². The lowest BCUT2D eigenvalue weighted by Gasteiger charge is -2.25. The molecule has 0 aliphatic carbocycles. The Balaban J connectivity index is 1.61. The Kier molecular flexibility index (Phi) is 8.10. The van der Waals surface area contributed by atoms with Gasteiger partial charge in [0.1, 0.15) is 11.9 Å². The number of aromatic nitrogens is 1. The fourth-order valence-corrected chi connectivity index (χ4v) is 4.82. The first-order valence-electron chi connectivity index (χ1n) is 12.1. The van der Waals surface area contributed by atoms with Crippen LogP contribution in [-0.2, 0) is 19.1 Å². The number of benzene rings is 1. The van der Waals surface area contributed by atoms with Gasteiger partial charge in [0.15, 0.2) is 0 Å². The van der Waals surface area contributed by atoms with Gasteiger partial charge in [-0.05, 0) is 50.3 Å². The maximum atomic E-state index is 13.4. The molecule has 11 heteroatoms. The van der Waals surface area contributed by atoms with E-state index in [-0.39, 0.29) is 24.2 Å². The topological polar surface area (TPSA) is 131 Å². The number of nitriles is 1. The van der Waals surface area contributed by atoms with E-state index in [4.69, 9.17) is 16.3 Å². The minimum atomic E-state index is -1.35. The maximum Gasteiger partial charge on any atom is 0.330 e. The van der Waals surface area contributed by atoms with Crippen LogP contribution in [0.1, 0.15) is 32.1 Å². The zero-order chi connectivity index (χ0) is 25.7. The van der Waals surface area contributed by atoms with Crippen LogP contribution in [0.25, 0.3) is 10.9 Å². The predicted octanol–water partition coefficient (Wildman–Crippen LogP) is 2.95. The van der Waals surface area contributed by atoms with Gasteiger partial charge in [0.25, 0.3) is 0 Å². The summed E-state index contributed by atoms with van der Waals surface area (Å²) in [7, 11) is 1.19. The number of amides is 2. The Morgan fingerprint density at radius 2 is 2.03 bits per heavy atom. The molecule has 2 aliphatic heterocycles. The number of rotatable bonds is 6. The van der Waals surface area contributed by atoms with Crippen LogP contribution in [0.15, 0.2) is 29.4 Å². The van der Waals surface area contributed by atoms with Gasteiger partial charge in [-0.15, -0.1) is 0 Å². The number of aromatic amines is 1. The molecule has 3 heterocycles. The highest BCUT2D eigenvalue weighted by molar-refractivity contribution is 6.35. The van der Waals surface area contributed by atoms with E-state index in [0.29, 0.717) is 23.7 Å². The molecular weight excluding hydrogens is 484 g/mol. The highest BCUT2D eigenvalue weighted by atomic mass is 35.5. The van der Waals surface area contributed by atoms with Crippen LogP contribution in [0.5, 0.6) is 0 Å². The number of hydrogen-bond donors (Lipinski definition) is 2. The van der Waals surface area contributed by atoms with E-state index < -0.39 is 17.9 Å². The fraction of sp³-hybridized carbons (Fsp3) is 0.480. The second-order valence-corrected chi connectivity index (χ2v) is 9.39. The quantitative estimate of drug-likeness (QED) is 0.347. The van der Waals surface area contributed by atoms with E-state index in [1.165, 1.54) is 7.11 Å². The number of esters is 1. The minimum Gasteiger partial charge on any atom is -0.468 e. The summed E-state index contributed by atoms with van der Waals surface area (Å²) < 4.78 is 4.82. The second-order valence-electron chi connectivity index (χ2n) is 8.98. The average molecular weight is 513 g/mol. The molecule has 0 spiro atoms. The number of hydrogen-bond acceptors (Lipinski definition) is 6. The third-order valence-electron chi connectivity index (χ3n) is 6.58. The van der Waals surface area contributed by atoms with Crippen molar-refractivity contribution < 1.29 is 19.1 Å². The van der Waals surface area contributed by atoms with Crippen LogP contribution in [-0.4, -0.2) is 77.7 Å². The van der Waals surface area contributed by atoms with Crippen LogP contribution >= 0.6 is 11.6 Å². The first kappa shape index (κ1) is 25.5. The molecule has 1 unspecified atom stereocenters. The first-order valence-corrected chi connectivity index (χ1v) is 12.4. The Morgan fingerprint density at radius 1 is 1.28 bits per heavy atom. The van der Waals surface area contributed by atoms with Crippen molar-refractivity contribution in [3.05, 3.63) is 29.4 Å². The number of nitrogens with zero attached hydrogens (tertiary/aromatic N) is 4. The maximum absolute atomic E-state index is 13.4. The van der Waals surface area contributed by atoms with Crippen LogP contribution < -0.4 is 5.32 Å². The van der Waals surface area contributed by atoms with E-state index in [9.17, 15) is 19.6 Å². The molecule has 2 aliphatic rings. The molecule has 4 rings (SSSR count). The Morgan fingerprint density at radius 3 is 2.75 bits per heavy atom. The van der Waals surface area contributed by atoms with E-state index in [2.05, 4.69) is 15.3 Å². The van der Waals surface area contributed by atoms with Crippen molar-refractivity contribution in [2.24, 2.45) is 10.9 Å². The van der Waals surface area contributed by atoms with Crippen molar-refractivity contribution in [1.29, 1.82) is 5.26 Å². The zero-order valence-corrected chi connectivity index (χ0v) is 20.9. The number of nitrogens with one attached hydrogen (secondary N) is 2. The molecule has 2 aromatic rings. The predicted molar refractivity (Wildman–Crippen MR) is 136 cm³/mol. The monoisotopic (exact) mass is 512 g/mol. The highest BCUT2D eigenvalue weighted by Gasteiger charge is 2.33. The van der Waals surface area contributed by atoms with E-state index in [1.807, 2.05) is 6.07 Å². The van der Waals surface area contributed by atoms with E-state index in [1.54, 1.807) is 34.2 Å². The van der Waals surface area contributed by atoms with Crippen molar-refractivity contribution in [2.75, 3.05) is 38.6 Å². The average Bonchev–Trinajstić information content (AvgIpc) is 3.51. The summed E-state index contributed by atoms with van der Waals surface area (Å²) in [6.07, 6.45) is 5.54. The molecule has 36 heavy (non-hydrogen) atoms. The SMILES string of the molecule is COC(=O)C(C#N)C(=N[C@H]1CCCCN(CC(=O)N2CCCC2)C1=O)Nc1ccc2c(Cl)c[nH]c2c1. The van der Waals surface area contributed by atoms with Gasteiger partial charge in [-0.3, -0.25) is 19.4 Å². The largest absolute Gasteiger partial charge is 0.468 e. The number of fused-ring (bicyclic) bond motifs is 1. The van der Waals surface area contributed by atoms with Crippen molar-refractivity contribution in [3.8, 4) is 6.07 Å². The van der Waals surface area contributed by atoms with Crippen LogP contribution in [0.2, 0.25) is 5.02 Å². The van der Waals surface area contributed by atoms with Crippen LogP contribution in [0, 0.1) is 17.2 Å². The van der Waals surface area contributed by atoms with E-state index in [0.717, 1.165) is 49.7 Å². The molecule has 1 aromatic carbocycles. The third-order valence-corrected chi connectivity index (χ3v) is 6.89. The lowest BCUT2D eigenvalue weighted by atomic mass is 10.1. The van der Waals surface area contributed by atoms with Crippen molar-refractivity contribution in [1.82, 2.24) is 14.8 Å². The molecule has 0 saturated carbocycles. The van der Waals surface area contributed by atoms with Gasteiger partial charge in [0, 0.05) is 42.4 Å². The summed E-state index contributed by atoms with van der Waals surface area (Å²) in [5, 5.41) is 14.2. The number of H-pyrrole nitrogens is 1. The summed E-state index contributed by atoms with van der Waals surface area (Å²) in [5.41, 5.74) is 1.32. The summed E-state index contributed by atoms with van der Waals surface area (Å²) in [5.74, 6) is -2.46. The zero-order valence-electron chi connectivity index (χ0n) is 20.1. The number of halogens is 1. The Bertz CT molecular complexity index is 1210. The number of aliphatic imine (C=N–C) groups is 1. The standard InChI is InChI=1S/C25H29ClN6O4/c1-36-25(35)18(13-27)23(29-16-7-8-17-19(26)14-28-21(17)12-16)30-20-6-2-3-11-32(24(20)34)15-22(33)31-9-4-5-10-31/h7-8,12,14,18,20,28H,2-6,9-11,15H2,1H3,(H,29,30)/t18?,20-/m0/s1. The summed E-state index contributed by atoms with van der Waals surface area (Å²) >= 11 is 6.17. The minimum absolute atomic E-state index is 0.0105. The van der Waals surface area contributed by atoms with Gasteiger partial charge < -0.3 is 24.8 Å². The summed E-state index contributed by atoms with van der Waals surface area (Å²) in [6, 6.07) is 6.43. The summed E-state index contributed by atoms with van der Waals surface area (Å²) in [4.78, 5) is 49.5. The highest BCUT2D eigenvalue weighted by Crippen LogP contribution is 2.26. The normalized spacial score (nSPS) is 19.6. The van der Waals surface area contributed by atoms with Gasteiger partial charge in [0.05, 0.1) is 24.7 Å². The molecule has 2 N–H and O–H groups in total. The summed E-state index contributed by atoms with van der Waals surface area (Å²) in [6.45, 7) is 1.92. The lowest BCUT2D eigenvalue weighted by molar-refractivity contribution is -0.141. The fourth-order valence-electron chi connectivity index (χ4n) is 4.60.